The highest BCUT2D eigenvalue weighted by Crippen LogP contribution is 2.25. The van der Waals surface area contributed by atoms with E-state index in [1.54, 1.807) is 0 Å². The van der Waals surface area contributed by atoms with Gasteiger partial charge in [-0.25, -0.2) is 0 Å². The lowest BCUT2D eigenvalue weighted by atomic mass is 9.84. The lowest BCUT2D eigenvalue weighted by Crippen LogP contribution is -2.45. The third kappa shape index (κ3) is 6.76. The van der Waals surface area contributed by atoms with E-state index in [1.807, 2.05) is 0 Å². The third-order valence-corrected chi connectivity index (χ3v) is 4.11. The molecule has 2 heteroatoms. The van der Waals surface area contributed by atoms with Crippen LogP contribution in [0.3, 0.4) is 0 Å². The molecule has 0 aromatic rings. The van der Waals surface area contributed by atoms with Gasteiger partial charge in [0.25, 0.3) is 0 Å². The molecule has 0 bridgehead atoms. The summed E-state index contributed by atoms with van der Waals surface area (Å²) < 4.78 is 0. The van der Waals surface area contributed by atoms with Crippen molar-refractivity contribution in [2.45, 2.75) is 66.3 Å². The number of rotatable bonds is 8. The molecule has 2 atom stereocenters. The van der Waals surface area contributed by atoms with Crippen LogP contribution in [0.4, 0.5) is 0 Å². The number of nitrogens with zero attached hydrogens (tertiary/aromatic N) is 1. The summed E-state index contributed by atoms with van der Waals surface area (Å²) in [4.78, 5) is 2.72. The van der Waals surface area contributed by atoms with E-state index in [4.69, 9.17) is 0 Å². The molecule has 0 aromatic heterocycles. The zero-order chi connectivity index (χ0) is 14.3. The average Bonchev–Trinajstić information content (AvgIpc) is 2.30. The maximum absolute atomic E-state index is 3.72. The van der Waals surface area contributed by atoms with Gasteiger partial charge in [-0.2, -0.15) is 0 Å². The first kappa shape index (κ1) is 17.0. The van der Waals surface area contributed by atoms with Crippen LogP contribution >= 0.6 is 0 Å². The van der Waals surface area contributed by atoms with E-state index in [0.717, 1.165) is 30.3 Å². The zero-order valence-electron chi connectivity index (χ0n) is 13.9. The Balaban J connectivity index is 2.53. The smallest absolute Gasteiger partial charge is 0.0107 e. The van der Waals surface area contributed by atoms with E-state index < -0.39 is 0 Å². The van der Waals surface area contributed by atoms with Gasteiger partial charge in [-0.3, -0.25) is 0 Å². The summed E-state index contributed by atoms with van der Waals surface area (Å²) in [6, 6.07) is 0.764. The van der Waals surface area contributed by atoms with E-state index in [2.05, 4.69) is 44.8 Å². The first-order valence-corrected chi connectivity index (χ1v) is 8.48. The number of nitrogens with one attached hydrogen (secondary N) is 1. The van der Waals surface area contributed by atoms with Crippen molar-refractivity contribution in [1.82, 2.24) is 10.2 Å². The molecule has 2 nitrogen and oxygen atoms in total. The molecule has 0 radical (unpaired) electrons. The standard InChI is InChI=1S/C17H36N2/c1-6-18-17-10-8-7-9-16(17)13-19(11-14(2)3)12-15(4)5/h14-18H,6-13H2,1-5H3. The van der Waals surface area contributed by atoms with Gasteiger partial charge in [-0.15, -0.1) is 0 Å². The highest BCUT2D eigenvalue weighted by molar-refractivity contribution is 4.83. The summed E-state index contributed by atoms with van der Waals surface area (Å²) in [5.74, 6) is 2.42. The van der Waals surface area contributed by atoms with Gasteiger partial charge in [0.1, 0.15) is 0 Å². The van der Waals surface area contributed by atoms with Crippen molar-refractivity contribution in [3.8, 4) is 0 Å². The van der Waals surface area contributed by atoms with Crippen molar-refractivity contribution >= 4 is 0 Å². The summed E-state index contributed by atoms with van der Waals surface area (Å²) in [5.41, 5.74) is 0. The molecule has 1 saturated carbocycles. The fourth-order valence-electron chi connectivity index (χ4n) is 3.55. The van der Waals surface area contributed by atoms with Crippen LogP contribution in [0.5, 0.6) is 0 Å². The predicted octanol–water partition coefficient (Wildman–Crippen LogP) is 3.77. The average molecular weight is 268 g/mol. The Morgan fingerprint density at radius 1 is 1.00 bits per heavy atom. The molecule has 19 heavy (non-hydrogen) atoms. The molecule has 0 spiro atoms. The second-order valence-corrected chi connectivity index (χ2v) is 7.21. The lowest BCUT2D eigenvalue weighted by molar-refractivity contribution is 0.145. The Kier molecular flexibility index (Phi) is 8.01. The predicted molar refractivity (Wildman–Crippen MR) is 85.5 cm³/mol. The fraction of sp³-hybridized carbons (Fsp3) is 1.00. The SMILES string of the molecule is CCNC1CCCCC1CN(CC(C)C)CC(C)C. The van der Waals surface area contributed by atoms with Crippen LogP contribution in [-0.2, 0) is 0 Å². The highest BCUT2D eigenvalue weighted by atomic mass is 15.1. The molecule has 1 aliphatic rings. The molecular weight excluding hydrogens is 232 g/mol. The van der Waals surface area contributed by atoms with Crippen LogP contribution in [0.15, 0.2) is 0 Å². The quantitative estimate of drug-likeness (QED) is 0.721. The summed E-state index contributed by atoms with van der Waals surface area (Å²) in [5, 5.41) is 3.72. The Morgan fingerprint density at radius 2 is 1.58 bits per heavy atom. The Labute approximate surface area is 121 Å². The van der Waals surface area contributed by atoms with Crippen LogP contribution < -0.4 is 5.32 Å². The normalized spacial score (nSPS) is 24.6. The highest BCUT2D eigenvalue weighted by Gasteiger charge is 2.26. The van der Waals surface area contributed by atoms with E-state index in [1.165, 1.54) is 45.3 Å². The lowest BCUT2D eigenvalue weighted by Gasteiger charge is -2.37. The maximum Gasteiger partial charge on any atom is 0.0107 e. The number of hydrogen-bond donors (Lipinski definition) is 1. The molecule has 0 heterocycles. The van der Waals surface area contributed by atoms with Crippen LogP contribution in [-0.4, -0.2) is 37.1 Å². The van der Waals surface area contributed by atoms with Gasteiger partial charge in [-0.1, -0.05) is 47.5 Å². The van der Waals surface area contributed by atoms with Crippen molar-refractivity contribution < 1.29 is 0 Å². The van der Waals surface area contributed by atoms with Crippen LogP contribution in [0, 0.1) is 17.8 Å². The van der Waals surface area contributed by atoms with E-state index in [-0.39, 0.29) is 0 Å². The van der Waals surface area contributed by atoms with Crippen molar-refractivity contribution in [2.75, 3.05) is 26.2 Å². The maximum atomic E-state index is 3.72. The van der Waals surface area contributed by atoms with E-state index >= 15 is 0 Å². The van der Waals surface area contributed by atoms with Crippen LogP contribution in [0.25, 0.3) is 0 Å². The first-order chi connectivity index (χ1) is 9.02. The molecule has 0 saturated heterocycles. The molecular formula is C17H36N2. The molecule has 0 amide bonds. The molecule has 0 aromatic carbocycles. The third-order valence-electron chi connectivity index (χ3n) is 4.11. The minimum Gasteiger partial charge on any atom is -0.314 e. The summed E-state index contributed by atoms with van der Waals surface area (Å²) in [6.45, 7) is 16.5. The van der Waals surface area contributed by atoms with Crippen molar-refractivity contribution in [1.29, 1.82) is 0 Å². The van der Waals surface area contributed by atoms with Crippen molar-refractivity contribution in [3.05, 3.63) is 0 Å². The monoisotopic (exact) mass is 268 g/mol. The van der Waals surface area contributed by atoms with Gasteiger partial charge >= 0.3 is 0 Å². The van der Waals surface area contributed by atoms with Gasteiger partial charge in [0, 0.05) is 25.7 Å². The van der Waals surface area contributed by atoms with Gasteiger partial charge in [-0.05, 0) is 37.1 Å². The van der Waals surface area contributed by atoms with E-state index in [0.29, 0.717) is 0 Å². The zero-order valence-corrected chi connectivity index (χ0v) is 13.9. The fourth-order valence-corrected chi connectivity index (χ4v) is 3.55. The van der Waals surface area contributed by atoms with Gasteiger partial charge in [0.15, 0.2) is 0 Å². The Morgan fingerprint density at radius 3 is 2.11 bits per heavy atom. The second kappa shape index (κ2) is 8.97. The minimum atomic E-state index is 0.764. The van der Waals surface area contributed by atoms with Gasteiger partial charge < -0.3 is 10.2 Å². The molecule has 2 unspecified atom stereocenters. The minimum absolute atomic E-state index is 0.764. The molecule has 0 aliphatic heterocycles. The second-order valence-electron chi connectivity index (χ2n) is 7.21. The van der Waals surface area contributed by atoms with Crippen LogP contribution in [0.2, 0.25) is 0 Å². The van der Waals surface area contributed by atoms with Crippen molar-refractivity contribution in [3.63, 3.8) is 0 Å². The summed E-state index contributed by atoms with van der Waals surface area (Å²) in [6.07, 6.45) is 5.66. The van der Waals surface area contributed by atoms with E-state index in [9.17, 15) is 0 Å². The molecule has 1 N–H and O–H groups in total. The topological polar surface area (TPSA) is 15.3 Å². The molecule has 1 rings (SSSR count). The van der Waals surface area contributed by atoms with Gasteiger partial charge in [0.05, 0.1) is 0 Å². The Hall–Kier alpha value is -0.0800. The summed E-state index contributed by atoms with van der Waals surface area (Å²) >= 11 is 0. The number of hydrogen-bond acceptors (Lipinski definition) is 2. The molecule has 1 aliphatic carbocycles. The first-order valence-electron chi connectivity index (χ1n) is 8.48. The van der Waals surface area contributed by atoms with Gasteiger partial charge in [0.2, 0.25) is 0 Å². The molecule has 1 fully saturated rings. The van der Waals surface area contributed by atoms with Crippen molar-refractivity contribution in [2.24, 2.45) is 17.8 Å². The Bertz CT molecular complexity index is 213. The summed E-state index contributed by atoms with van der Waals surface area (Å²) in [7, 11) is 0. The molecule has 114 valence electrons. The largest absolute Gasteiger partial charge is 0.314 e. The van der Waals surface area contributed by atoms with Crippen LogP contribution in [0.1, 0.15) is 60.3 Å².